The predicted octanol–water partition coefficient (Wildman–Crippen LogP) is 0.960. The number of hydrogen-bond donors (Lipinski definition) is 2. The molecule has 70 valence electrons. The van der Waals surface area contributed by atoms with Crippen LogP contribution in [0.4, 0.5) is 4.39 Å². The van der Waals surface area contributed by atoms with Crippen molar-refractivity contribution in [2.24, 2.45) is 5.41 Å². The Hall–Kier alpha value is -0.640. The molecule has 0 bridgehead atoms. The fourth-order valence-corrected chi connectivity index (χ4v) is 1.24. The van der Waals surface area contributed by atoms with Gasteiger partial charge in [-0.1, -0.05) is 6.92 Å². The normalized spacial score (nSPS) is 27.3. The second-order valence-corrected chi connectivity index (χ2v) is 3.91. The van der Waals surface area contributed by atoms with E-state index in [0.29, 0.717) is 12.8 Å². The summed E-state index contributed by atoms with van der Waals surface area (Å²) >= 11 is 0. The zero-order chi connectivity index (χ0) is 9.57. The largest absolute Gasteiger partial charge is 0.479 e. The molecule has 0 aromatic carbocycles. The molecule has 2 atom stereocenters. The van der Waals surface area contributed by atoms with Crippen LogP contribution in [0.1, 0.15) is 26.7 Å². The fraction of sp³-hybridized carbons (Fsp3) is 0.875. The van der Waals surface area contributed by atoms with Gasteiger partial charge in [0.15, 0.2) is 0 Å². The summed E-state index contributed by atoms with van der Waals surface area (Å²) in [7, 11) is 0. The highest BCUT2D eigenvalue weighted by molar-refractivity contribution is 5.74. The monoisotopic (exact) mass is 176 g/mol. The SMILES string of the molecule is CC1(C(C)(O)C(F)C(=O)O)CC1. The van der Waals surface area contributed by atoms with Gasteiger partial charge < -0.3 is 10.2 Å². The molecule has 0 aliphatic heterocycles. The van der Waals surface area contributed by atoms with Crippen LogP contribution in [-0.2, 0) is 4.79 Å². The first-order chi connectivity index (χ1) is 5.31. The average Bonchev–Trinajstić information content (AvgIpc) is 2.67. The molecule has 0 aromatic heterocycles. The molecule has 0 heterocycles. The number of carbonyl (C=O) groups is 1. The van der Waals surface area contributed by atoms with Crippen molar-refractivity contribution < 1.29 is 19.4 Å². The standard InChI is InChI=1S/C8H13FO3/c1-7(3-4-7)8(2,12)5(9)6(10)11/h5,12H,3-4H2,1-2H3,(H,10,11). The molecule has 12 heavy (non-hydrogen) atoms. The van der Waals surface area contributed by atoms with Gasteiger partial charge in [-0.15, -0.1) is 0 Å². The van der Waals surface area contributed by atoms with E-state index in [-0.39, 0.29) is 0 Å². The molecule has 3 nitrogen and oxygen atoms in total. The highest BCUT2D eigenvalue weighted by Crippen LogP contribution is 2.55. The van der Waals surface area contributed by atoms with Crippen LogP contribution in [0.2, 0.25) is 0 Å². The Balaban J connectivity index is 2.77. The summed E-state index contributed by atoms with van der Waals surface area (Å²) in [4.78, 5) is 10.3. The fourth-order valence-electron chi connectivity index (χ4n) is 1.24. The Kier molecular flexibility index (Phi) is 1.91. The van der Waals surface area contributed by atoms with Crippen molar-refractivity contribution in [3.05, 3.63) is 0 Å². The Labute approximate surface area is 70.2 Å². The quantitative estimate of drug-likeness (QED) is 0.673. The molecule has 1 aliphatic rings. The van der Waals surface area contributed by atoms with Crippen LogP contribution >= 0.6 is 0 Å². The first-order valence-electron chi connectivity index (χ1n) is 3.90. The predicted molar refractivity (Wildman–Crippen MR) is 40.5 cm³/mol. The maximum atomic E-state index is 13.0. The van der Waals surface area contributed by atoms with Crippen molar-refractivity contribution in [2.75, 3.05) is 0 Å². The van der Waals surface area contributed by atoms with Crippen molar-refractivity contribution in [1.82, 2.24) is 0 Å². The van der Waals surface area contributed by atoms with Gasteiger partial charge in [0.25, 0.3) is 0 Å². The van der Waals surface area contributed by atoms with Crippen molar-refractivity contribution in [1.29, 1.82) is 0 Å². The third-order valence-corrected chi connectivity index (χ3v) is 2.93. The van der Waals surface area contributed by atoms with Crippen LogP contribution in [0.25, 0.3) is 0 Å². The average molecular weight is 176 g/mol. The zero-order valence-electron chi connectivity index (χ0n) is 7.17. The van der Waals surface area contributed by atoms with Crippen LogP contribution in [0, 0.1) is 5.41 Å². The molecule has 1 aliphatic carbocycles. The van der Waals surface area contributed by atoms with Gasteiger partial charge in [0.1, 0.15) is 5.60 Å². The van der Waals surface area contributed by atoms with E-state index < -0.39 is 23.2 Å². The maximum absolute atomic E-state index is 13.0. The van der Waals surface area contributed by atoms with Crippen LogP contribution in [0.15, 0.2) is 0 Å². The minimum atomic E-state index is -2.19. The topological polar surface area (TPSA) is 57.5 Å². The van der Waals surface area contributed by atoms with E-state index in [1.165, 1.54) is 6.92 Å². The molecule has 0 saturated heterocycles. The van der Waals surface area contributed by atoms with E-state index in [2.05, 4.69) is 0 Å². The van der Waals surface area contributed by atoms with Gasteiger partial charge in [0.2, 0.25) is 6.17 Å². The van der Waals surface area contributed by atoms with E-state index in [9.17, 15) is 14.3 Å². The van der Waals surface area contributed by atoms with Crippen LogP contribution in [-0.4, -0.2) is 28.0 Å². The number of alkyl halides is 1. The van der Waals surface area contributed by atoms with Gasteiger partial charge in [-0.2, -0.15) is 0 Å². The third-order valence-electron chi connectivity index (χ3n) is 2.93. The first kappa shape index (κ1) is 9.45. The number of rotatable bonds is 3. The molecule has 2 N–H and O–H groups in total. The minimum Gasteiger partial charge on any atom is -0.479 e. The Morgan fingerprint density at radius 2 is 2.08 bits per heavy atom. The van der Waals surface area contributed by atoms with E-state index in [0.717, 1.165) is 0 Å². The van der Waals surface area contributed by atoms with Crippen LogP contribution in [0.3, 0.4) is 0 Å². The Morgan fingerprint density at radius 1 is 1.67 bits per heavy atom. The van der Waals surface area contributed by atoms with Crippen molar-refractivity contribution >= 4 is 5.97 Å². The maximum Gasteiger partial charge on any atom is 0.341 e. The second-order valence-electron chi connectivity index (χ2n) is 3.91. The Bertz CT molecular complexity index is 208. The van der Waals surface area contributed by atoms with E-state index in [1.807, 2.05) is 0 Å². The Morgan fingerprint density at radius 3 is 2.33 bits per heavy atom. The second kappa shape index (κ2) is 2.42. The minimum absolute atomic E-state index is 0.551. The van der Waals surface area contributed by atoms with Gasteiger partial charge >= 0.3 is 5.97 Å². The number of aliphatic hydroxyl groups is 1. The summed E-state index contributed by atoms with van der Waals surface area (Å²) in [6, 6.07) is 0. The van der Waals surface area contributed by atoms with Crippen LogP contribution in [0.5, 0.6) is 0 Å². The summed E-state index contributed by atoms with van der Waals surface area (Å²) in [5, 5.41) is 18.0. The lowest BCUT2D eigenvalue weighted by atomic mass is 9.83. The summed E-state index contributed by atoms with van der Waals surface area (Å²) in [5.41, 5.74) is -2.29. The van der Waals surface area contributed by atoms with Gasteiger partial charge in [0.05, 0.1) is 0 Å². The summed E-state index contributed by atoms with van der Waals surface area (Å²) in [6.45, 7) is 2.95. The molecule has 0 amide bonds. The molecule has 0 aromatic rings. The molecule has 1 fully saturated rings. The molecule has 1 saturated carbocycles. The van der Waals surface area contributed by atoms with Crippen molar-refractivity contribution in [3.63, 3.8) is 0 Å². The molecule has 0 radical (unpaired) electrons. The molecule has 1 rings (SSSR count). The summed E-state index contributed by atoms with van der Waals surface area (Å²) in [6.07, 6.45) is -0.813. The molecule has 0 spiro atoms. The summed E-state index contributed by atoms with van der Waals surface area (Å²) in [5.74, 6) is -1.59. The number of carboxylic acids is 1. The number of aliphatic carboxylic acids is 1. The van der Waals surface area contributed by atoms with Crippen molar-refractivity contribution in [3.8, 4) is 0 Å². The van der Waals surface area contributed by atoms with Gasteiger partial charge in [-0.3, -0.25) is 0 Å². The number of carboxylic acid groups (broad SMARTS) is 1. The lowest BCUT2D eigenvalue weighted by molar-refractivity contribution is -0.158. The molecular weight excluding hydrogens is 163 g/mol. The van der Waals surface area contributed by atoms with Crippen molar-refractivity contribution in [2.45, 2.75) is 38.5 Å². The van der Waals surface area contributed by atoms with Gasteiger partial charge in [0, 0.05) is 0 Å². The van der Waals surface area contributed by atoms with E-state index in [1.54, 1.807) is 6.92 Å². The lowest BCUT2D eigenvalue weighted by Gasteiger charge is -2.31. The lowest BCUT2D eigenvalue weighted by Crippen LogP contribution is -2.48. The van der Waals surface area contributed by atoms with Gasteiger partial charge in [-0.05, 0) is 25.2 Å². The van der Waals surface area contributed by atoms with E-state index >= 15 is 0 Å². The molecule has 4 heteroatoms. The van der Waals surface area contributed by atoms with E-state index in [4.69, 9.17) is 5.11 Å². The molecule has 2 unspecified atom stereocenters. The number of hydrogen-bond acceptors (Lipinski definition) is 2. The zero-order valence-corrected chi connectivity index (χ0v) is 7.17. The highest BCUT2D eigenvalue weighted by atomic mass is 19.1. The first-order valence-corrected chi connectivity index (χ1v) is 3.90. The third kappa shape index (κ3) is 1.20. The van der Waals surface area contributed by atoms with Crippen LogP contribution < -0.4 is 0 Å². The molecular formula is C8H13FO3. The highest BCUT2D eigenvalue weighted by Gasteiger charge is 2.58. The van der Waals surface area contributed by atoms with Gasteiger partial charge in [-0.25, -0.2) is 9.18 Å². The number of halogens is 1. The smallest absolute Gasteiger partial charge is 0.341 e. The summed E-state index contributed by atoms with van der Waals surface area (Å²) < 4.78 is 13.0.